The number of carbonyl (C=O) groups excluding carboxylic acids is 2. The summed E-state index contributed by atoms with van der Waals surface area (Å²) in [4.78, 5) is 25.4. The molecule has 2 N–H and O–H groups in total. The van der Waals surface area contributed by atoms with Gasteiger partial charge >= 0.3 is 11.8 Å². The maximum Gasteiger partial charge on any atom is 0.313 e. The summed E-state index contributed by atoms with van der Waals surface area (Å²) in [5.74, 6) is -1.31. The van der Waals surface area contributed by atoms with Gasteiger partial charge < -0.3 is 24.8 Å². The molecule has 0 aliphatic carbocycles. The van der Waals surface area contributed by atoms with Crippen LogP contribution in [0.2, 0.25) is 0 Å². The van der Waals surface area contributed by atoms with Gasteiger partial charge in [-0.15, -0.1) is 0 Å². The Morgan fingerprint density at radius 2 is 1.62 bits per heavy atom. The van der Waals surface area contributed by atoms with Crippen molar-refractivity contribution in [3.8, 4) is 5.75 Å². The minimum absolute atomic E-state index is 0.0844. The van der Waals surface area contributed by atoms with Gasteiger partial charge in [0.05, 0.1) is 13.2 Å². The topological polar surface area (TPSA) is 88.1 Å². The second-order valence-corrected chi connectivity index (χ2v) is 4.28. The summed E-state index contributed by atoms with van der Waals surface area (Å²) in [6, 6.07) is 5.87. The molecule has 0 aromatic heterocycles. The fourth-order valence-corrected chi connectivity index (χ4v) is 1.59. The summed E-state index contributed by atoms with van der Waals surface area (Å²) in [5.41, 5.74) is 0.435. The third-order valence-electron chi connectivity index (χ3n) is 2.74. The lowest BCUT2D eigenvalue weighted by molar-refractivity contribution is -0.144. The molecule has 21 heavy (non-hydrogen) atoms. The van der Waals surface area contributed by atoms with Crippen LogP contribution < -0.4 is 5.32 Å². The number of phenolic OH excluding ortho intramolecular Hbond substituents is 1. The van der Waals surface area contributed by atoms with Gasteiger partial charge in [0.2, 0.25) is 0 Å². The number of benzene rings is 1. The Labute approximate surface area is 123 Å². The Kier molecular flexibility index (Phi) is 7.20. The zero-order chi connectivity index (χ0) is 15.7. The van der Waals surface area contributed by atoms with Gasteiger partial charge in [0.1, 0.15) is 5.75 Å². The van der Waals surface area contributed by atoms with Crippen LogP contribution in [0.3, 0.4) is 0 Å². The summed E-state index contributed by atoms with van der Waals surface area (Å²) >= 11 is 0. The zero-order valence-corrected chi connectivity index (χ0v) is 12.2. The van der Waals surface area contributed by atoms with Crippen molar-refractivity contribution < 1.29 is 24.2 Å². The van der Waals surface area contributed by atoms with Crippen molar-refractivity contribution in [2.75, 3.05) is 45.8 Å². The molecular weight excluding hydrogens is 276 g/mol. The summed E-state index contributed by atoms with van der Waals surface area (Å²) in [6.07, 6.45) is 0. The van der Waals surface area contributed by atoms with E-state index in [1.165, 1.54) is 43.4 Å². The van der Waals surface area contributed by atoms with E-state index >= 15 is 0 Å². The Hall–Kier alpha value is -2.12. The lowest BCUT2D eigenvalue weighted by Gasteiger charge is -2.21. The number of methoxy groups -OCH3 is 2. The van der Waals surface area contributed by atoms with Crippen LogP contribution >= 0.6 is 0 Å². The molecule has 7 nitrogen and oxygen atoms in total. The highest BCUT2D eigenvalue weighted by Crippen LogP contribution is 2.13. The number of aromatic hydroxyl groups is 1. The molecule has 0 atom stereocenters. The number of hydrogen-bond donors (Lipinski definition) is 2. The van der Waals surface area contributed by atoms with Crippen molar-refractivity contribution in [2.45, 2.75) is 0 Å². The van der Waals surface area contributed by atoms with Gasteiger partial charge in [-0.25, -0.2) is 0 Å². The molecule has 7 heteroatoms. The average Bonchev–Trinajstić information content (AvgIpc) is 2.49. The van der Waals surface area contributed by atoms with Crippen molar-refractivity contribution in [2.24, 2.45) is 0 Å². The van der Waals surface area contributed by atoms with Crippen LogP contribution in [0.5, 0.6) is 5.75 Å². The molecule has 0 saturated heterocycles. The minimum atomic E-state index is -0.743. The first-order chi connectivity index (χ1) is 10.1. The van der Waals surface area contributed by atoms with Crippen LogP contribution in [0.1, 0.15) is 0 Å². The van der Waals surface area contributed by atoms with Gasteiger partial charge in [0, 0.05) is 33.0 Å². The molecule has 0 aliphatic rings. The molecule has 116 valence electrons. The molecule has 0 aliphatic heterocycles. The Balaban J connectivity index is 2.63. The molecule has 0 bridgehead atoms. The number of amides is 2. The van der Waals surface area contributed by atoms with E-state index in [-0.39, 0.29) is 5.75 Å². The largest absolute Gasteiger partial charge is 0.508 e. The highest BCUT2D eigenvalue weighted by Gasteiger charge is 2.21. The van der Waals surface area contributed by atoms with E-state index in [0.29, 0.717) is 32.0 Å². The lowest BCUT2D eigenvalue weighted by atomic mass is 10.3. The first kappa shape index (κ1) is 16.9. The van der Waals surface area contributed by atoms with Crippen molar-refractivity contribution >= 4 is 17.5 Å². The van der Waals surface area contributed by atoms with E-state index in [4.69, 9.17) is 14.6 Å². The number of nitrogens with one attached hydrogen (secondary N) is 1. The van der Waals surface area contributed by atoms with Crippen molar-refractivity contribution in [1.82, 2.24) is 4.90 Å². The second kappa shape index (κ2) is 8.93. The number of phenols is 1. The van der Waals surface area contributed by atoms with Crippen LogP contribution in [-0.2, 0) is 19.1 Å². The highest BCUT2D eigenvalue weighted by molar-refractivity contribution is 6.39. The third kappa shape index (κ3) is 5.80. The summed E-state index contributed by atoms with van der Waals surface area (Å²) in [5, 5.41) is 11.6. The number of ether oxygens (including phenoxy) is 2. The van der Waals surface area contributed by atoms with Crippen LogP contribution in [0.15, 0.2) is 24.3 Å². The van der Waals surface area contributed by atoms with Crippen LogP contribution in [0, 0.1) is 0 Å². The van der Waals surface area contributed by atoms with Gasteiger partial charge in [-0.05, 0) is 24.3 Å². The Morgan fingerprint density at radius 1 is 1.10 bits per heavy atom. The van der Waals surface area contributed by atoms with Gasteiger partial charge in [0.15, 0.2) is 0 Å². The van der Waals surface area contributed by atoms with E-state index in [1.54, 1.807) is 0 Å². The molecule has 0 fully saturated rings. The molecule has 1 aromatic carbocycles. The van der Waals surface area contributed by atoms with Crippen molar-refractivity contribution in [1.29, 1.82) is 0 Å². The Morgan fingerprint density at radius 3 is 2.10 bits per heavy atom. The van der Waals surface area contributed by atoms with Crippen LogP contribution in [0.4, 0.5) is 5.69 Å². The number of anilines is 1. The van der Waals surface area contributed by atoms with Crippen LogP contribution in [0.25, 0.3) is 0 Å². The number of hydrogen-bond acceptors (Lipinski definition) is 5. The summed E-state index contributed by atoms with van der Waals surface area (Å²) in [7, 11) is 3.05. The van der Waals surface area contributed by atoms with Gasteiger partial charge in [-0.1, -0.05) is 0 Å². The number of nitrogens with zero attached hydrogens (tertiary/aromatic N) is 1. The quantitative estimate of drug-likeness (QED) is 0.563. The third-order valence-corrected chi connectivity index (χ3v) is 2.74. The molecule has 0 heterocycles. The van der Waals surface area contributed by atoms with E-state index in [2.05, 4.69) is 5.32 Å². The normalized spacial score (nSPS) is 10.2. The SMILES string of the molecule is COCCN(CCOC)C(=O)C(=O)Nc1ccc(O)cc1. The zero-order valence-electron chi connectivity index (χ0n) is 12.2. The van der Waals surface area contributed by atoms with E-state index in [9.17, 15) is 9.59 Å². The summed E-state index contributed by atoms with van der Waals surface area (Å²) in [6.45, 7) is 1.28. The first-order valence-electron chi connectivity index (χ1n) is 6.45. The fraction of sp³-hybridized carbons (Fsp3) is 0.429. The summed E-state index contributed by atoms with van der Waals surface area (Å²) < 4.78 is 9.84. The standard InChI is InChI=1S/C14H20N2O5/c1-20-9-7-16(8-10-21-2)14(19)13(18)15-11-3-5-12(17)6-4-11/h3-6,17H,7-10H2,1-2H3,(H,15,18). The maximum atomic E-state index is 12.1. The average molecular weight is 296 g/mol. The lowest BCUT2D eigenvalue weighted by Crippen LogP contribution is -2.43. The van der Waals surface area contributed by atoms with Crippen molar-refractivity contribution in [3.63, 3.8) is 0 Å². The number of rotatable bonds is 7. The van der Waals surface area contributed by atoms with Gasteiger partial charge in [-0.3, -0.25) is 9.59 Å². The van der Waals surface area contributed by atoms with E-state index in [1.807, 2.05) is 0 Å². The minimum Gasteiger partial charge on any atom is -0.508 e. The first-order valence-corrected chi connectivity index (χ1v) is 6.45. The maximum absolute atomic E-state index is 12.1. The molecule has 1 rings (SSSR count). The fourth-order valence-electron chi connectivity index (χ4n) is 1.59. The van der Waals surface area contributed by atoms with Crippen LogP contribution in [-0.4, -0.2) is 62.3 Å². The smallest absolute Gasteiger partial charge is 0.313 e. The van der Waals surface area contributed by atoms with Gasteiger partial charge in [0.25, 0.3) is 0 Å². The second-order valence-electron chi connectivity index (χ2n) is 4.28. The van der Waals surface area contributed by atoms with Crippen molar-refractivity contribution in [3.05, 3.63) is 24.3 Å². The predicted octanol–water partition coefficient (Wildman–Crippen LogP) is 0.452. The Bertz CT molecular complexity index is 453. The molecular formula is C14H20N2O5. The predicted molar refractivity (Wildman–Crippen MR) is 77.1 cm³/mol. The molecule has 0 saturated carbocycles. The number of carbonyl (C=O) groups is 2. The highest BCUT2D eigenvalue weighted by atomic mass is 16.5. The van der Waals surface area contributed by atoms with E-state index < -0.39 is 11.8 Å². The monoisotopic (exact) mass is 296 g/mol. The molecule has 1 aromatic rings. The molecule has 0 spiro atoms. The van der Waals surface area contributed by atoms with E-state index in [0.717, 1.165) is 0 Å². The molecule has 0 radical (unpaired) electrons. The molecule has 2 amide bonds. The molecule has 0 unspecified atom stereocenters. The van der Waals surface area contributed by atoms with Gasteiger partial charge in [-0.2, -0.15) is 0 Å².